The number of rotatable bonds is 4. The number of piperidine rings is 1. The van der Waals surface area contributed by atoms with Crippen molar-refractivity contribution in [2.24, 2.45) is 0 Å². The minimum absolute atomic E-state index is 0.546. The van der Waals surface area contributed by atoms with Crippen molar-refractivity contribution < 1.29 is 0 Å². The zero-order valence-corrected chi connectivity index (χ0v) is 12.0. The van der Waals surface area contributed by atoms with Crippen LogP contribution >= 0.6 is 0 Å². The fourth-order valence-corrected chi connectivity index (χ4v) is 3.74. The SMILES string of the molecule is CCCN(c1cccnc1C#N)C1CC2CCC(C1)N2. The Kier molecular flexibility index (Phi) is 3.88. The van der Waals surface area contributed by atoms with Gasteiger partial charge >= 0.3 is 0 Å². The van der Waals surface area contributed by atoms with Gasteiger partial charge in [0.1, 0.15) is 6.07 Å². The van der Waals surface area contributed by atoms with Crippen molar-refractivity contribution in [3.63, 3.8) is 0 Å². The number of nitriles is 1. The smallest absolute Gasteiger partial charge is 0.163 e. The Balaban J connectivity index is 1.87. The molecule has 0 aromatic carbocycles. The van der Waals surface area contributed by atoms with Gasteiger partial charge in [-0.3, -0.25) is 0 Å². The van der Waals surface area contributed by atoms with Crippen LogP contribution < -0.4 is 10.2 Å². The summed E-state index contributed by atoms with van der Waals surface area (Å²) in [5, 5.41) is 13.0. The molecule has 2 atom stereocenters. The highest BCUT2D eigenvalue weighted by molar-refractivity contribution is 5.56. The molecule has 1 aromatic heterocycles. The van der Waals surface area contributed by atoms with Crippen LogP contribution in [0, 0.1) is 11.3 Å². The van der Waals surface area contributed by atoms with E-state index in [-0.39, 0.29) is 0 Å². The fraction of sp³-hybridized carbons (Fsp3) is 0.625. The second-order valence-electron chi connectivity index (χ2n) is 5.94. The van der Waals surface area contributed by atoms with E-state index in [4.69, 9.17) is 0 Å². The average Bonchev–Trinajstić information content (AvgIpc) is 2.83. The molecule has 0 amide bonds. The van der Waals surface area contributed by atoms with E-state index in [0.717, 1.165) is 18.7 Å². The first-order chi connectivity index (χ1) is 9.81. The number of fused-ring (bicyclic) bond motifs is 2. The predicted octanol–water partition coefficient (Wildman–Crippen LogP) is 2.45. The second kappa shape index (κ2) is 5.80. The predicted molar refractivity (Wildman–Crippen MR) is 79.6 cm³/mol. The van der Waals surface area contributed by atoms with Crippen LogP contribution in [0.2, 0.25) is 0 Å². The van der Waals surface area contributed by atoms with Crippen LogP contribution in [0.4, 0.5) is 5.69 Å². The van der Waals surface area contributed by atoms with Gasteiger partial charge in [0.15, 0.2) is 5.69 Å². The van der Waals surface area contributed by atoms with Crippen molar-refractivity contribution in [2.75, 3.05) is 11.4 Å². The van der Waals surface area contributed by atoms with Gasteiger partial charge in [0.25, 0.3) is 0 Å². The number of pyridine rings is 1. The third-order valence-corrected chi connectivity index (χ3v) is 4.56. The lowest BCUT2D eigenvalue weighted by molar-refractivity contribution is 0.346. The molecule has 1 aromatic rings. The first kappa shape index (κ1) is 13.4. The van der Waals surface area contributed by atoms with Gasteiger partial charge < -0.3 is 10.2 Å². The highest BCUT2D eigenvalue weighted by Crippen LogP contribution is 2.33. The molecule has 2 aliphatic heterocycles. The summed E-state index contributed by atoms with van der Waals surface area (Å²) in [6.45, 7) is 3.20. The number of nitrogens with one attached hydrogen (secondary N) is 1. The Labute approximate surface area is 120 Å². The maximum atomic E-state index is 9.30. The third-order valence-electron chi connectivity index (χ3n) is 4.56. The largest absolute Gasteiger partial charge is 0.366 e. The first-order valence-electron chi connectivity index (χ1n) is 7.69. The molecule has 1 N–H and O–H groups in total. The molecule has 106 valence electrons. The van der Waals surface area contributed by atoms with E-state index in [1.807, 2.05) is 12.1 Å². The minimum Gasteiger partial charge on any atom is -0.366 e. The van der Waals surface area contributed by atoms with Gasteiger partial charge in [-0.1, -0.05) is 6.92 Å². The van der Waals surface area contributed by atoms with Crippen LogP contribution in [0.5, 0.6) is 0 Å². The summed E-state index contributed by atoms with van der Waals surface area (Å²) in [5.41, 5.74) is 1.58. The molecular weight excluding hydrogens is 248 g/mol. The van der Waals surface area contributed by atoms with Gasteiger partial charge in [-0.05, 0) is 44.2 Å². The Morgan fingerprint density at radius 3 is 2.80 bits per heavy atom. The van der Waals surface area contributed by atoms with Gasteiger partial charge in [-0.15, -0.1) is 0 Å². The highest BCUT2D eigenvalue weighted by Gasteiger charge is 2.36. The maximum Gasteiger partial charge on any atom is 0.163 e. The second-order valence-corrected chi connectivity index (χ2v) is 5.94. The highest BCUT2D eigenvalue weighted by atomic mass is 15.2. The Morgan fingerprint density at radius 2 is 2.15 bits per heavy atom. The zero-order chi connectivity index (χ0) is 13.9. The van der Waals surface area contributed by atoms with Crippen LogP contribution in [0.15, 0.2) is 18.3 Å². The molecule has 4 nitrogen and oxygen atoms in total. The van der Waals surface area contributed by atoms with E-state index >= 15 is 0 Å². The maximum absolute atomic E-state index is 9.30. The number of hydrogen-bond donors (Lipinski definition) is 1. The topological polar surface area (TPSA) is 52.0 Å². The van der Waals surface area contributed by atoms with Crippen molar-refractivity contribution in [1.29, 1.82) is 5.26 Å². The summed E-state index contributed by atoms with van der Waals surface area (Å²) in [6, 6.07) is 8.11. The number of aromatic nitrogens is 1. The monoisotopic (exact) mass is 270 g/mol. The Hall–Kier alpha value is -1.60. The van der Waals surface area contributed by atoms with Gasteiger partial charge in [0.2, 0.25) is 0 Å². The van der Waals surface area contributed by atoms with Crippen molar-refractivity contribution in [3.8, 4) is 6.07 Å². The summed E-state index contributed by atoms with van der Waals surface area (Å²) in [5.74, 6) is 0. The van der Waals surface area contributed by atoms with Crippen LogP contribution in [0.25, 0.3) is 0 Å². The molecule has 3 heterocycles. The molecule has 3 rings (SSSR count). The van der Waals surface area contributed by atoms with Gasteiger partial charge in [0, 0.05) is 30.9 Å². The number of hydrogen-bond acceptors (Lipinski definition) is 4. The number of anilines is 1. The lowest BCUT2D eigenvalue weighted by atomic mass is 9.97. The van der Waals surface area contributed by atoms with E-state index in [1.165, 1.54) is 25.7 Å². The summed E-state index contributed by atoms with van der Waals surface area (Å²) in [6.07, 6.45) is 7.79. The number of nitrogens with zero attached hydrogens (tertiary/aromatic N) is 3. The Morgan fingerprint density at radius 1 is 1.40 bits per heavy atom. The molecule has 0 saturated carbocycles. The van der Waals surface area contributed by atoms with E-state index in [1.54, 1.807) is 6.20 Å². The van der Waals surface area contributed by atoms with E-state index in [2.05, 4.69) is 28.2 Å². The van der Waals surface area contributed by atoms with Crippen molar-refractivity contribution in [3.05, 3.63) is 24.0 Å². The van der Waals surface area contributed by atoms with E-state index in [9.17, 15) is 5.26 Å². The standard InChI is InChI=1S/C16H22N4/c1-2-8-20(16-4-3-7-18-15(16)11-17)14-9-12-5-6-13(10-14)19-12/h3-4,7,12-14,19H,2,5-6,8-10H2,1H3. The lowest BCUT2D eigenvalue weighted by Crippen LogP contribution is -2.49. The molecule has 0 spiro atoms. The molecule has 20 heavy (non-hydrogen) atoms. The zero-order valence-electron chi connectivity index (χ0n) is 12.0. The molecule has 2 aliphatic rings. The molecule has 2 fully saturated rings. The molecule has 0 aliphatic carbocycles. The van der Waals surface area contributed by atoms with Gasteiger partial charge in [-0.25, -0.2) is 4.98 Å². The summed E-state index contributed by atoms with van der Waals surface area (Å²) >= 11 is 0. The minimum atomic E-state index is 0.546. The van der Waals surface area contributed by atoms with Crippen molar-refractivity contribution in [2.45, 2.75) is 57.2 Å². The fourth-order valence-electron chi connectivity index (χ4n) is 3.74. The van der Waals surface area contributed by atoms with Crippen LogP contribution in [-0.4, -0.2) is 29.7 Å². The Bertz CT molecular complexity index is 495. The molecule has 2 bridgehead atoms. The van der Waals surface area contributed by atoms with Crippen LogP contribution in [0.1, 0.15) is 44.7 Å². The molecule has 2 saturated heterocycles. The van der Waals surface area contributed by atoms with Crippen molar-refractivity contribution in [1.82, 2.24) is 10.3 Å². The quantitative estimate of drug-likeness (QED) is 0.913. The molecular formula is C16H22N4. The summed E-state index contributed by atoms with van der Waals surface area (Å²) in [4.78, 5) is 6.66. The van der Waals surface area contributed by atoms with Crippen LogP contribution in [0.3, 0.4) is 0 Å². The normalized spacial score (nSPS) is 28.1. The van der Waals surface area contributed by atoms with Crippen LogP contribution in [-0.2, 0) is 0 Å². The van der Waals surface area contributed by atoms with Crippen molar-refractivity contribution >= 4 is 5.69 Å². The van der Waals surface area contributed by atoms with E-state index in [0.29, 0.717) is 23.8 Å². The van der Waals surface area contributed by atoms with E-state index < -0.39 is 0 Å². The third kappa shape index (κ3) is 2.51. The average molecular weight is 270 g/mol. The van der Waals surface area contributed by atoms with Gasteiger partial charge in [0.05, 0.1) is 5.69 Å². The summed E-state index contributed by atoms with van der Waals surface area (Å²) in [7, 11) is 0. The lowest BCUT2D eigenvalue weighted by Gasteiger charge is -2.39. The summed E-state index contributed by atoms with van der Waals surface area (Å²) < 4.78 is 0. The molecule has 4 heteroatoms. The molecule has 2 unspecified atom stereocenters. The van der Waals surface area contributed by atoms with Gasteiger partial charge in [-0.2, -0.15) is 5.26 Å². The first-order valence-corrected chi connectivity index (χ1v) is 7.69. The molecule has 0 radical (unpaired) electrons.